The predicted octanol–water partition coefficient (Wildman–Crippen LogP) is 0.958. The first kappa shape index (κ1) is 11.2. The number of rotatable bonds is 5. The van der Waals surface area contributed by atoms with Crippen LogP contribution in [0.3, 0.4) is 0 Å². The van der Waals surface area contributed by atoms with Crippen molar-refractivity contribution in [2.45, 2.75) is 13.8 Å². The Bertz CT molecular complexity index is 211. The molecule has 1 N–H and O–H groups in total. The van der Waals surface area contributed by atoms with E-state index < -0.39 is 0 Å². The number of ketones is 2. The van der Waals surface area contributed by atoms with E-state index in [0.717, 1.165) is 0 Å². The maximum absolute atomic E-state index is 10.9. The summed E-state index contributed by atoms with van der Waals surface area (Å²) in [7, 11) is 1.72. The van der Waals surface area contributed by atoms with Crippen LogP contribution in [0.25, 0.3) is 0 Å². The molecular weight excluding hydrogens is 174 g/mol. The predicted molar refractivity (Wildman–Crippen MR) is 51.0 cm³/mol. The van der Waals surface area contributed by atoms with Crippen LogP contribution in [-0.2, 0) is 9.59 Å². The van der Waals surface area contributed by atoms with Gasteiger partial charge in [0.05, 0.1) is 10.7 Å². The Hall–Kier alpha value is -0.770. The summed E-state index contributed by atoms with van der Waals surface area (Å²) in [6.07, 6.45) is 1.61. The summed E-state index contributed by atoms with van der Waals surface area (Å²) < 4.78 is 0. The lowest BCUT2D eigenvalue weighted by Gasteiger charge is -2.00. The monoisotopic (exact) mass is 187 g/mol. The van der Waals surface area contributed by atoms with Gasteiger partial charge < -0.3 is 5.32 Å². The largest absolute Gasteiger partial charge is 0.393 e. The quantitative estimate of drug-likeness (QED) is 0.651. The van der Waals surface area contributed by atoms with Crippen molar-refractivity contribution in [3.63, 3.8) is 0 Å². The lowest BCUT2D eigenvalue weighted by atomic mass is 10.4. The summed E-state index contributed by atoms with van der Waals surface area (Å²) in [4.78, 5) is 22.1. The maximum Gasteiger partial charge on any atom is 0.167 e. The van der Waals surface area contributed by atoms with Crippen LogP contribution < -0.4 is 5.32 Å². The van der Waals surface area contributed by atoms with E-state index in [0.29, 0.717) is 10.7 Å². The van der Waals surface area contributed by atoms with E-state index in [1.54, 1.807) is 13.2 Å². The van der Waals surface area contributed by atoms with Crippen LogP contribution in [0.1, 0.15) is 13.8 Å². The molecule has 0 radical (unpaired) electrons. The first-order valence-electron chi connectivity index (χ1n) is 3.58. The van der Waals surface area contributed by atoms with Gasteiger partial charge in [-0.2, -0.15) is 0 Å². The third-order valence-corrected chi connectivity index (χ3v) is 2.32. The summed E-state index contributed by atoms with van der Waals surface area (Å²) in [5.74, 6) is 0.409. The fourth-order valence-corrected chi connectivity index (χ4v) is 1.32. The van der Waals surface area contributed by atoms with Crippen LogP contribution in [0.15, 0.2) is 11.1 Å². The molecule has 0 bridgehead atoms. The molecule has 0 aliphatic rings. The van der Waals surface area contributed by atoms with E-state index in [9.17, 15) is 9.59 Å². The van der Waals surface area contributed by atoms with Crippen LogP contribution in [0.2, 0.25) is 0 Å². The van der Waals surface area contributed by atoms with Crippen molar-refractivity contribution in [3.8, 4) is 0 Å². The van der Waals surface area contributed by atoms with Gasteiger partial charge in [-0.1, -0.05) is 0 Å². The second-order valence-corrected chi connectivity index (χ2v) is 3.36. The van der Waals surface area contributed by atoms with Gasteiger partial charge in [-0.05, 0) is 13.8 Å². The highest BCUT2D eigenvalue weighted by atomic mass is 32.2. The molecule has 0 amide bonds. The van der Waals surface area contributed by atoms with Crippen LogP contribution in [0.5, 0.6) is 0 Å². The molecule has 0 atom stereocenters. The third kappa shape index (κ3) is 4.96. The number of hydrogen-bond acceptors (Lipinski definition) is 4. The molecule has 4 heteroatoms. The number of hydrogen-bond donors (Lipinski definition) is 1. The Morgan fingerprint density at radius 1 is 1.42 bits per heavy atom. The van der Waals surface area contributed by atoms with Gasteiger partial charge in [0.15, 0.2) is 5.78 Å². The van der Waals surface area contributed by atoms with Gasteiger partial charge in [0.2, 0.25) is 0 Å². The second-order valence-electron chi connectivity index (χ2n) is 2.34. The topological polar surface area (TPSA) is 46.2 Å². The zero-order valence-electron chi connectivity index (χ0n) is 7.51. The van der Waals surface area contributed by atoms with Crippen molar-refractivity contribution in [1.29, 1.82) is 0 Å². The first-order valence-corrected chi connectivity index (χ1v) is 4.57. The van der Waals surface area contributed by atoms with Gasteiger partial charge in [0, 0.05) is 13.2 Å². The molecule has 0 fully saturated rings. The van der Waals surface area contributed by atoms with Gasteiger partial charge in [-0.3, -0.25) is 9.59 Å². The van der Waals surface area contributed by atoms with Gasteiger partial charge in [-0.25, -0.2) is 0 Å². The average molecular weight is 187 g/mol. The van der Waals surface area contributed by atoms with E-state index in [1.165, 1.54) is 25.6 Å². The number of nitrogens with one attached hydrogen (secondary N) is 1. The molecule has 0 aliphatic carbocycles. The van der Waals surface area contributed by atoms with Crippen LogP contribution in [-0.4, -0.2) is 24.4 Å². The zero-order chi connectivity index (χ0) is 9.56. The average Bonchev–Trinajstić information content (AvgIpc) is 1.96. The molecule has 0 heterocycles. The minimum Gasteiger partial charge on any atom is -0.393 e. The van der Waals surface area contributed by atoms with E-state index in [4.69, 9.17) is 0 Å². The highest BCUT2D eigenvalue weighted by molar-refractivity contribution is 8.04. The Balaban J connectivity index is 4.06. The number of allylic oxidation sites excluding steroid dienone is 1. The molecule has 0 aromatic rings. The van der Waals surface area contributed by atoms with Crippen molar-refractivity contribution < 1.29 is 9.59 Å². The first-order chi connectivity index (χ1) is 5.57. The van der Waals surface area contributed by atoms with Crippen molar-refractivity contribution in [3.05, 3.63) is 11.1 Å². The van der Waals surface area contributed by atoms with Crippen LogP contribution in [0, 0.1) is 0 Å². The van der Waals surface area contributed by atoms with Gasteiger partial charge in [-0.15, -0.1) is 11.8 Å². The fraction of sp³-hybridized carbons (Fsp3) is 0.500. The number of carbonyl (C=O) groups excluding carboxylic acids is 2. The lowest BCUT2D eigenvalue weighted by molar-refractivity contribution is -0.114. The van der Waals surface area contributed by atoms with E-state index in [1.807, 2.05) is 0 Å². The normalized spacial score (nSPS) is 11.1. The Kier molecular flexibility index (Phi) is 5.45. The SMILES string of the molecule is CN/C=C(\SCC(C)=O)C(C)=O. The minimum atomic E-state index is -0.0180. The van der Waals surface area contributed by atoms with Crippen LogP contribution in [0.4, 0.5) is 0 Å². The van der Waals surface area contributed by atoms with Gasteiger partial charge >= 0.3 is 0 Å². The molecule has 3 nitrogen and oxygen atoms in total. The molecule has 68 valence electrons. The maximum atomic E-state index is 10.9. The lowest BCUT2D eigenvalue weighted by Crippen LogP contribution is -2.03. The summed E-state index contributed by atoms with van der Waals surface area (Å²) in [6, 6.07) is 0. The molecular formula is C8H13NO2S. The number of carbonyl (C=O) groups is 2. The number of Topliss-reactive ketones (excluding diaryl/α,β-unsaturated/α-hetero) is 2. The summed E-state index contributed by atoms with van der Waals surface area (Å²) in [6.45, 7) is 2.99. The van der Waals surface area contributed by atoms with E-state index in [2.05, 4.69) is 5.32 Å². The molecule has 0 aliphatic heterocycles. The molecule has 0 rings (SSSR count). The van der Waals surface area contributed by atoms with Gasteiger partial charge in [0.25, 0.3) is 0 Å². The third-order valence-electron chi connectivity index (χ3n) is 1.05. The van der Waals surface area contributed by atoms with Crippen molar-refractivity contribution in [2.75, 3.05) is 12.8 Å². The van der Waals surface area contributed by atoms with Gasteiger partial charge in [0.1, 0.15) is 5.78 Å². The second kappa shape index (κ2) is 5.83. The summed E-state index contributed by atoms with van der Waals surface area (Å²) in [5, 5.41) is 2.76. The summed E-state index contributed by atoms with van der Waals surface area (Å²) in [5.41, 5.74) is 0. The van der Waals surface area contributed by atoms with Crippen molar-refractivity contribution >= 4 is 23.3 Å². The minimum absolute atomic E-state index is 0.0180. The highest BCUT2D eigenvalue weighted by Crippen LogP contribution is 2.15. The van der Waals surface area contributed by atoms with Crippen LogP contribution >= 0.6 is 11.8 Å². The molecule has 0 saturated heterocycles. The Labute approximate surface area is 76.6 Å². The molecule has 0 aromatic carbocycles. The van der Waals surface area contributed by atoms with Crippen molar-refractivity contribution in [1.82, 2.24) is 5.32 Å². The van der Waals surface area contributed by atoms with E-state index in [-0.39, 0.29) is 11.6 Å². The molecule has 0 spiro atoms. The standard InChI is InChI=1S/C8H13NO2S/c1-6(10)5-12-8(4-9-3)7(2)11/h4,9H,5H2,1-3H3/b8-4-. The molecule has 0 aromatic heterocycles. The Morgan fingerprint density at radius 2 is 2.00 bits per heavy atom. The highest BCUT2D eigenvalue weighted by Gasteiger charge is 2.04. The zero-order valence-corrected chi connectivity index (χ0v) is 8.33. The summed E-state index contributed by atoms with van der Waals surface area (Å²) >= 11 is 1.26. The fourth-order valence-electron chi connectivity index (χ4n) is 0.555. The molecule has 12 heavy (non-hydrogen) atoms. The molecule has 0 saturated carbocycles. The van der Waals surface area contributed by atoms with Crippen molar-refractivity contribution in [2.24, 2.45) is 0 Å². The number of thioether (sulfide) groups is 1. The molecule has 0 unspecified atom stereocenters. The Morgan fingerprint density at radius 3 is 2.33 bits per heavy atom. The smallest absolute Gasteiger partial charge is 0.167 e. The van der Waals surface area contributed by atoms with E-state index >= 15 is 0 Å².